The molecule has 0 aliphatic carbocycles. The van der Waals surface area contributed by atoms with Gasteiger partial charge in [0.15, 0.2) is 6.04 Å². The zero-order valence-corrected chi connectivity index (χ0v) is 17.4. The van der Waals surface area contributed by atoms with Crippen LogP contribution in [0.15, 0.2) is 78.9 Å². The van der Waals surface area contributed by atoms with Crippen molar-refractivity contribution in [3.63, 3.8) is 0 Å². The number of amides is 1. The molecule has 3 N–H and O–H groups in total. The quantitative estimate of drug-likeness (QED) is 0.564. The first kappa shape index (κ1) is 20.9. The largest absolute Gasteiger partial charge is 0.492 e. The molecule has 150 valence electrons. The smallest absolute Gasteiger partial charge is 0.287 e. The van der Waals surface area contributed by atoms with Crippen molar-refractivity contribution < 1.29 is 14.8 Å². The van der Waals surface area contributed by atoms with E-state index in [1.54, 1.807) is 0 Å². The second kappa shape index (κ2) is 10.1. The predicted octanol–water partition coefficient (Wildman–Crippen LogP) is 4.74. The van der Waals surface area contributed by atoms with Crippen molar-refractivity contribution in [1.29, 1.82) is 0 Å². The van der Waals surface area contributed by atoms with E-state index in [2.05, 4.69) is 17.6 Å². The molecule has 0 aliphatic rings. The molecule has 0 heterocycles. The Balaban J connectivity index is 1.85. The van der Waals surface area contributed by atoms with E-state index < -0.39 is 6.04 Å². The molecule has 3 aromatic rings. The van der Waals surface area contributed by atoms with Gasteiger partial charge in [-0.05, 0) is 38.1 Å². The number of para-hydroxylation sites is 2. The number of nitrogens with one attached hydrogen (secondary N) is 1. The van der Waals surface area contributed by atoms with Crippen LogP contribution in [0.25, 0.3) is 0 Å². The van der Waals surface area contributed by atoms with Crippen LogP contribution in [0.2, 0.25) is 5.02 Å². The Morgan fingerprint density at radius 2 is 1.69 bits per heavy atom. The molecule has 1 amide bonds. The molecule has 3 rings (SSSR count). The number of hydrogen-bond donors (Lipinski definition) is 2. The molecule has 0 radical (unpaired) electrons. The zero-order valence-electron chi connectivity index (χ0n) is 16.6. The lowest BCUT2D eigenvalue weighted by molar-refractivity contribution is -0.718. The summed E-state index contributed by atoms with van der Waals surface area (Å²) in [7, 11) is 0. The van der Waals surface area contributed by atoms with E-state index in [9.17, 15) is 4.79 Å². The highest BCUT2D eigenvalue weighted by Crippen LogP contribution is 2.25. The summed E-state index contributed by atoms with van der Waals surface area (Å²) < 4.78 is 5.65. The number of nitrogens with two attached hydrogens (primary N) is 1. The van der Waals surface area contributed by atoms with E-state index in [-0.39, 0.29) is 11.9 Å². The Morgan fingerprint density at radius 3 is 2.41 bits per heavy atom. The fourth-order valence-corrected chi connectivity index (χ4v) is 3.46. The van der Waals surface area contributed by atoms with Gasteiger partial charge >= 0.3 is 0 Å². The SMILES string of the molecule is CCOc1ccccc1NC(=O)[C@H]([NH2+][C@H](C)c1cccc(Cl)c1)c1ccccc1. The van der Waals surface area contributed by atoms with Crippen molar-refractivity contribution >= 4 is 23.2 Å². The standard InChI is InChI=1S/C24H25ClN2O2/c1-3-29-22-15-8-7-14-21(22)27-24(28)23(18-10-5-4-6-11-18)26-17(2)19-12-9-13-20(25)16-19/h4-17,23,26H,3H2,1-2H3,(H,27,28)/p+1/t17-,23-/m1/s1. The first-order chi connectivity index (χ1) is 14.1. The van der Waals surface area contributed by atoms with Gasteiger partial charge in [-0.15, -0.1) is 0 Å². The van der Waals surface area contributed by atoms with Gasteiger partial charge in [0.2, 0.25) is 0 Å². The van der Waals surface area contributed by atoms with Crippen LogP contribution >= 0.6 is 11.6 Å². The number of rotatable bonds is 8. The molecule has 0 bridgehead atoms. The van der Waals surface area contributed by atoms with Gasteiger partial charge in [-0.1, -0.05) is 66.2 Å². The van der Waals surface area contributed by atoms with Gasteiger partial charge < -0.3 is 15.4 Å². The highest BCUT2D eigenvalue weighted by Gasteiger charge is 2.27. The molecular weight excluding hydrogens is 384 g/mol. The number of hydrogen-bond acceptors (Lipinski definition) is 2. The van der Waals surface area contributed by atoms with Crippen molar-refractivity contribution in [3.8, 4) is 5.75 Å². The lowest BCUT2D eigenvalue weighted by atomic mass is 10.0. The van der Waals surface area contributed by atoms with E-state index in [1.165, 1.54) is 0 Å². The van der Waals surface area contributed by atoms with Gasteiger partial charge in [-0.3, -0.25) is 4.79 Å². The maximum absolute atomic E-state index is 13.3. The Labute approximate surface area is 176 Å². The number of halogens is 1. The molecule has 2 atom stereocenters. The molecule has 4 nitrogen and oxygen atoms in total. The lowest BCUT2D eigenvalue weighted by Gasteiger charge is -2.21. The first-order valence-electron chi connectivity index (χ1n) is 9.76. The molecular formula is C24H26ClN2O2+. The number of quaternary nitrogens is 1. The molecule has 3 aromatic carbocycles. The summed E-state index contributed by atoms with van der Waals surface area (Å²) in [5, 5.41) is 5.79. The lowest BCUT2D eigenvalue weighted by Crippen LogP contribution is -2.87. The summed E-state index contributed by atoms with van der Waals surface area (Å²) in [5.41, 5.74) is 2.68. The summed E-state index contributed by atoms with van der Waals surface area (Å²) in [6.45, 7) is 4.53. The monoisotopic (exact) mass is 409 g/mol. The third kappa shape index (κ3) is 5.59. The van der Waals surface area contributed by atoms with Crippen LogP contribution < -0.4 is 15.4 Å². The summed E-state index contributed by atoms with van der Waals surface area (Å²) in [4.78, 5) is 13.3. The van der Waals surface area contributed by atoms with Crippen LogP contribution in [-0.4, -0.2) is 12.5 Å². The Morgan fingerprint density at radius 1 is 1.00 bits per heavy atom. The van der Waals surface area contributed by atoms with Gasteiger partial charge in [-0.25, -0.2) is 0 Å². The molecule has 0 aromatic heterocycles. The summed E-state index contributed by atoms with van der Waals surface area (Å²) in [6, 6.07) is 24.6. The van der Waals surface area contributed by atoms with E-state index in [0.717, 1.165) is 11.1 Å². The Kier molecular flexibility index (Phi) is 7.28. The number of carbonyl (C=O) groups excluding carboxylic acids is 1. The Hall–Kier alpha value is -2.82. The molecule has 0 saturated heterocycles. The second-order valence-corrected chi connectivity index (χ2v) is 7.28. The topological polar surface area (TPSA) is 54.9 Å². The Bertz CT molecular complexity index is 946. The fraction of sp³-hybridized carbons (Fsp3) is 0.208. The summed E-state index contributed by atoms with van der Waals surface area (Å²) >= 11 is 6.15. The minimum absolute atomic E-state index is 0.0480. The molecule has 5 heteroatoms. The van der Waals surface area contributed by atoms with Crippen LogP contribution in [-0.2, 0) is 4.79 Å². The highest BCUT2D eigenvalue weighted by atomic mass is 35.5. The second-order valence-electron chi connectivity index (χ2n) is 6.84. The van der Waals surface area contributed by atoms with Crippen molar-refractivity contribution in [2.45, 2.75) is 25.9 Å². The number of ether oxygens (including phenoxy) is 1. The van der Waals surface area contributed by atoms with Crippen molar-refractivity contribution in [1.82, 2.24) is 0 Å². The number of benzene rings is 3. The third-order valence-corrected chi connectivity index (χ3v) is 4.98. The average molecular weight is 410 g/mol. The maximum Gasteiger partial charge on any atom is 0.287 e. The number of carbonyl (C=O) groups is 1. The molecule has 0 aliphatic heterocycles. The van der Waals surface area contributed by atoms with E-state index >= 15 is 0 Å². The van der Waals surface area contributed by atoms with Crippen LogP contribution in [0.1, 0.15) is 37.1 Å². The average Bonchev–Trinajstić information content (AvgIpc) is 2.74. The number of anilines is 1. The van der Waals surface area contributed by atoms with Crippen molar-refractivity contribution in [2.75, 3.05) is 11.9 Å². The van der Waals surface area contributed by atoms with E-state index in [0.29, 0.717) is 23.1 Å². The third-order valence-electron chi connectivity index (χ3n) is 4.74. The van der Waals surface area contributed by atoms with Crippen LogP contribution in [0.3, 0.4) is 0 Å². The van der Waals surface area contributed by atoms with Crippen LogP contribution in [0.5, 0.6) is 5.75 Å². The fourth-order valence-electron chi connectivity index (χ4n) is 3.26. The summed E-state index contributed by atoms with van der Waals surface area (Å²) in [5.74, 6) is 0.565. The minimum Gasteiger partial charge on any atom is -0.492 e. The highest BCUT2D eigenvalue weighted by molar-refractivity contribution is 6.30. The summed E-state index contributed by atoms with van der Waals surface area (Å²) in [6.07, 6.45) is 0. The maximum atomic E-state index is 13.3. The van der Waals surface area contributed by atoms with E-state index in [1.807, 2.05) is 85.8 Å². The normalized spacial score (nSPS) is 12.8. The van der Waals surface area contributed by atoms with Gasteiger partial charge in [-0.2, -0.15) is 0 Å². The minimum atomic E-state index is -0.417. The molecule has 29 heavy (non-hydrogen) atoms. The zero-order chi connectivity index (χ0) is 20.6. The van der Waals surface area contributed by atoms with Crippen LogP contribution in [0, 0.1) is 0 Å². The molecule has 0 spiro atoms. The van der Waals surface area contributed by atoms with Gasteiger partial charge in [0.1, 0.15) is 11.8 Å². The predicted molar refractivity (Wildman–Crippen MR) is 117 cm³/mol. The first-order valence-corrected chi connectivity index (χ1v) is 10.1. The van der Waals surface area contributed by atoms with Gasteiger partial charge in [0.05, 0.1) is 12.3 Å². The van der Waals surface area contributed by atoms with Gasteiger partial charge in [0, 0.05) is 16.1 Å². The van der Waals surface area contributed by atoms with Gasteiger partial charge in [0.25, 0.3) is 5.91 Å². The molecule has 0 unspecified atom stereocenters. The van der Waals surface area contributed by atoms with Crippen LogP contribution in [0.4, 0.5) is 5.69 Å². The van der Waals surface area contributed by atoms with E-state index in [4.69, 9.17) is 16.3 Å². The molecule has 0 fully saturated rings. The van der Waals surface area contributed by atoms with Crippen molar-refractivity contribution in [2.24, 2.45) is 0 Å². The molecule has 0 saturated carbocycles. The van der Waals surface area contributed by atoms with Crippen molar-refractivity contribution in [3.05, 3.63) is 95.0 Å².